The Morgan fingerprint density at radius 3 is 2.62 bits per heavy atom. The first-order chi connectivity index (χ1) is 10.3. The highest BCUT2D eigenvalue weighted by Gasteiger charge is 2.14. The Balaban J connectivity index is 1.72. The molecule has 21 heavy (non-hydrogen) atoms. The highest BCUT2D eigenvalue weighted by Crippen LogP contribution is 2.21. The number of carbonyl (C=O) groups excluding carboxylic acids is 1. The second-order valence-corrected chi connectivity index (χ2v) is 6.07. The van der Waals surface area contributed by atoms with Gasteiger partial charge in [-0.25, -0.2) is 4.79 Å². The van der Waals surface area contributed by atoms with Crippen molar-refractivity contribution in [3.8, 4) is 0 Å². The molecule has 1 aliphatic carbocycles. The van der Waals surface area contributed by atoms with Gasteiger partial charge in [-0.05, 0) is 30.9 Å². The van der Waals surface area contributed by atoms with Crippen molar-refractivity contribution in [2.75, 3.05) is 13.6 Å². The van der Waals surface area contributed by atoms with E-state index in [0.29, 0.717) is 12.5 Å². The van der Waals surface area contributed by atoms with Crippen LogP contribution in [0.1, 0.15) is 50.6 Å². The van der Waals surface area contributed by atoms with Gasteiger partial charge in [0.25, 0.3) is 0 Å². The van der Waals surface area contributed by atoms with Gasteiger partial charge < -0.3 is 10.2 Å². The fourth-order valence-electron chi connectivity index (χ4n) is 2.92. The number of hydrogen-bond donors (Lipinski definition) is 1. The Bertz CT molecular complexity index is 413. The van der Waals surface area contributed by atoms with Gasteiger partial charge in [-0.1, -0.05) is 38.2 Å². The van der Waals surface area contributed by atoms with Gasteiger partial charge in [-0.15, -0.1) is 0 Å². The van der Waals surface area contributed by atoms with E-state index in [-0.39, 0.29) is 6.03 Å². The number of urea groups is 1. The molecule has 0 spiro atoms. The van der Waals surface area contributed by atoms with E-state index in [0.717, 1.165) is 12.2 Å². The molecule has 0 unspecified atom stereocenters. The molecule has 2 amide bonds. The van der Waals surface area contributed by atoms with Crippen LogP contribution in [-0.2, 0) is 6.54 Å². The number of amides is 2. The average Bonchev–Trinajstić information content (AvgIpc) is 2.47. The lowest BCUT2D eigenvalue weighted by Gasteiger charge is -2.22. The third kappa shape index (κ3) is 5.74. The second-order valence-electron chi connectivity index (χ2n) is 6.07. The summed E-state index contributed by atoms with van der Waals surface area (Å²) in [6.07, 6.45) is 11.0. The largest absolute Gasteiger partial charge is 0.338 e. The van der Waals surface area contributed by atoms with E-state index in [1.165, 1.54) is 44.9 Å². The van der Waals surface area contributed by atoms with E-state index in [9.17, 15) is 4.79 Å². The van der Waals surface area contributed by atoms with Crippen LogP contribution in [-0.4, -0.2) is 29.5 Å². The summed E-state index contributed by atoms with van der Waals surface area (Å²) in [5.74, 6) is 0.650. The summed E-state index contributed by atoms with van der Waals surface area (Å²) in [7, 11) is 1.82. The number of aromatic nitrogens is 1. The Labute approximate surface area is 127 Å². The molecule has 4 heteroatoms. The van der Waals surface area contributed by atoms with Crippen molar-refractivity contribution in [2.45, 2.75) is 51.5 Å². The molecule has 116 valence electrons. The van der Waals surface area contributed by atoms with Crippen molar-refractivity contribution >= 4 is 6.03 Å². The normalized spacial score (nSPS) is 16.8. The maximum Gasteiger partial charge on any atom is 0.317 e. The summed E-state index contributed by atoms with van der Waals surface area (Å²) in [5.41, 5.74) is 0.918. The fraction of sp³-hybridized carbons (Fsp3) is 0.647. The third-order valence-electron chi connectivity index (χ3n) is 4.24. The zero-order valence-corrected chi connectivity index (χ0v) is 13.1. The molecule has 2 rings (SSSR count). The lowest BCUT2D eigenvalue weighted by atomic mass is 9.91. The topological polar surface area (TPSA) is 45.2 Å². The molecule has 1 aliphatic rings. The first kappa shape index (κ1) is 15.8. The lowest BCUT2D eigenvalue weighted by molar-refractivity contribution is 0.203. The zero-order valence-electron chi connectivity index (χ0n) is 13.1. The van der Waals surface area contributed by atoms with Gasteiger partial charge in [-0.3, -0.25) is 4.98 Å². The number of pyridine rings is 1. The number of carbonyl (C=O) groups is 1. The van der Waals surface area contributed by atoms with Gasteiger partial charge >= 0.3 is 6.03 Å². The molecule has 1 aromatic heterocycles. The summed E-state index contributed by atoms with van der Waals surface area (Å²) in [6.45, 7) is 1.36. The highest BCUT2D eigenvalue weighted by molar-refractivity contribution is 5.73. The van der Waals surface area contributed by atoms with E-state index in [1.807, 2.05) is 25.2 Å². The summed E-state index contributed by atoms with van der Waals surface area (Å²) in [5, 5.41) is 3.08. The predicted molar refractivity (Wildman–Crippen MR) is 84.9 cm³/mol. The van der Waals surface area contributed by atoms with Crippen LogP contribution in [0.15, 0.2) is 24.4 Å². The average molecular weight is 289 g/mol. The molecule has 1 saturated carbocycles. The minimum absolute atomic E-state index is 0.00251. The molecule has 0 bridgehead atoms. The van der Waals surface area contributed by atoms with Crippen LogP contribution in [0.4, 0.5) is 4.79 Å². The third-order valence-corrected chi connectivity index (χ3v) is 4.24. The molecule has 0 atom stereocenters. The van der Waals surface area contributed by atoms with Crippen LogP contribution >= 0.6 is 0 Å². The maximum atomic E-state index is 12.1. The van der Waals surface area contributed by atoms with Crippen molar-refractivity contribution < 1.29 is 4.79 Å². The van der Waals surface area contributed by atoms with Gasteiger partial charge in [0.1, 0.15) is 0 Å². The monoisotopic (exact) mass is 289 g/mol. The number of rotatable bonds is 4. The summed E-state index contributed by atoms with van der Waals surface area (Å²) in [4.78, 5) is 18.1. The molecule has 1 heterocycles. The second kappa shape index (κ2) is 8.65. The zero-order chi connectivity index (χ0) is 14.9. The molecule has 0 aliphatic heterocycles. The van der Waals surface area contributed by atoms with Gasteiger partial charge in [0.2, 0.25) is 0 Å². The van der Waals surface area contributed by atoms with Crippen molar-refractivity contribution in [1.29, 1.82) is 0 Å². The van der Waals surface area contributed by atoms with E-state index in [1.54, 1.807) is 11.1 Å². The van der Waals surface area contributed by atoms with Crippen LogP contribution in [0, 0.1) is 5.92 Å². The summed E-state index contributed by atoms with van der Waals surface area (Å²) in [6, 6.07) is 5.78. The molecule has 0 saturated heterocycles. The van der Waals surface area contributed by atoms with Crippen LogP contribution in [0.2, 0.25) is 0 Å². The van der Waals surface area contributed by atoms with Gasteiger partial charge in [0, 0.05) is 19.8 Å². The Hall–Kier alpha value is -1.58. The highest BCUT2D eigenvalue weighted by atomic mass is 16.2. The first-order valence-corrected chi connectivity index (χ1v) is 8.14. The van der Waals surface area contributed by atoms with E-state index < -0.39 is 0 Å². The number of nitrogens with one attached hydrogen (secondary N) is 1. The molecular formula is C17H27N3O. The van der Waals surface area contributed by atoms with Crippen LogP contribution in [0.25, 0.3) is 0 Å². The molecule has 0 radical (unpaired) electrons. The van der Waals surface area contributed by atoms with E-state index in [2.05, 4.69) is 10.3 Å². The Kier molecular flexibility index (Phi) is 6.51. The van der Waals surface area contributed by atoms with Crippen molar-refractivity contribution in [3.05, 3.63) is 30.1 Å². The Morgan fingerprint density at radius 1 is 1.24 bits per heavy atom. The van der Waals surface area contributed by atoms with Crippen LogP contribution in [0.3, 0.4) is 0 Å². The van der Waals surface area contributed by atoms with Crippen LogP contribution < -0.4 is 5.32 Å². The molecular weight excluding hydrogens is 262 g/mol. The molecule has 0 aromatic carbocycles. The summed E-state index contributed by atoms with van der Waals surface area (Å²) < 4.78 is 0. The Morgan fingerprint density at radius 2 is 1.95 bits per heavy atom. The SMILES string of the molecule is CN(Cc1ccccn1)C(=O)NCC1CCCCCCC1. The van der Waals surface area contributed by atoms with Gasteiger partial charge in [0.15, 0.2) is 0 Å². The van der Waals surface area contributed by atoms with Crippen molar-refractivity contribution in [2.24, 2.45) is 5.92 Å². The van der Waals surface area contributed by atoms with E-state index >= 15 is 0 Å². The van der Waals surface area contributed by atoms with Gasteiger partial charge in [-0.2, -0.15) is 0 Å². The van der Waals surface area contributed by atoms with Crippen LogP contribution in [0.5, 0.6) is 0 Å². The minimum Gasteiger partial charge on any atom is -0.338 e. The maximum absolute atomic E-state index is 12.1. The van der Waals surface area contributed by atoms with Gasteiger partial charge in [0.05, 0.1) is 12.2 Å². The lowest BCUT2D eigenvalue weighted by Crippen LogP contribution is -2.39. The predicted octanol–water partition coefficient (Wildman–Crippen LogP) is 3.58. The molecule has 1 N–H and O–H groups in total. The minimum atomic E-state index is 0.00251. The van der Waals surface area contributed by atoms with Crippen molar-refractivity contribution in [1.82, 2.24) is 15.2 Å². The standard InChI is InChI=1S/C17H27N3O/c1-20(14-16-11-7-8-12-18-16)17(21)19-13-15-9-5-3-2-4-6-10-15/h7-8,11-12,15H,2-6,9-10,13-14H2,1H3,(H,19,21). The fourth-order valence-corrected chi connectivity index (χ4v) is 2.92. The van der Waals surface area contributed by atoms with E-state index in [4.69, 9.17) is 0 Å². The van der Waals surface area contributed by atoms with Crippen molar-refractivity contribution in [3.63, 3.8) is 0 Å². The molecule has 1 aromatic rings. The first-order valence-electron chi connectivity index (χ1n) is 8.14. The number of hydrogen-bond acceptors (Lipinski definition) is 2. The summed E-state index contributed by atoms with van der Waals surface area (Å²) >= 11 is 0. The molecule has 1 fully saturated rings. The number of nitrogens with zero attached hydrogens (tertiary/aromatic N) is 2. The molecule has 4 nitrogen and oxygen atoms in total. The smallest absolute Gasteiger partial charge is 0.317 e. The quantitative estimate of drug-likeness (QED) is 0.920.